The Bertz CT molecular complexity index is 673. The van der Waals surface area contributed by atoms with Crippen molar-refractivity contribution in [2.24, 2.45) is 0 Å². The molecule has 2 aromatic rings. The second kappa shape index (κ2) is 9.65. The number of carbonyl (C=O) groups is 1. The average Bonchev–Trinajstić information content (AvgIpc) is 3.12. The largest absolute Gasteiger partial charge is 0.497 e. The minimum absolute atomic E-state index is 0.0708. The third kappa shape index (κ3) is 6.09. The molecular formula is C17H22N2O6. The SMILES string of the molecule is CCOC[C@@H](O)CNC(=O)c1cc(COc2cccc(OC)c2)on1. The molecule has 0 aliphatic heterocycles. The molecular weight excluding hydrogens is 328 g/mol. The number of nitrogens with one attached hydrogen (secondary N) is 1. The summed E-state index contributed by atoms with van der Waals surface area (Å²) in [7, 11) is 1.58. The highest BCUT2D eigenvalue weighted by atomic mass is 16.5. The topological polar surface area (TPSA) is 103 Å². The molecule has 25 heavy (non-hydrogen) atoms. The van der Waals surface area contributed by atoms with Crippen LogP contribution in [0.15, 0.2) is 34.9 Å². The van der Waals surface area contributed by atoms with Crippen molar-refractivity contribution < 1.29 is 28.6 Å². The molecule has 8 heteroatoms. The summed E-state index contributed by atoms with van der Waals surface area (Å²) in [5.41, 5.74) is 0.118. The lowest BCUT2D eigenvalue weighted by Crippen LogP contribution is -2.34. The van der Waals surface area contributed by atoms with Gasteiger partial charge in [-0.3, -0.25) is 4.79 Å². The van der Waals surface area contributed by atoms with E-state index in [4.69, 9.17) is 18.7 Å². The van der Waals surface area contributed by atoms with E-state index in [9.17, 15) is 9.90 Å². The standard InChI is InChI=1S/C17H22N2O6/c1-3-23-10-12(20)9-18-17(21)16-8-15(25-19-16)11-24-14-6-4-5-13(7-14)22-2/h4-8,12,20H,3,9-11H2,1-2H3,(H,18,21)/t12-/m0/s1. The van der Waals surface area contributed by atoms with E-state index in [0.29, 0.717) is 23.9 Å². The minimum atomic E-state index is -0.772. The molecule has 0 unspecified atom stereocenters. The molecule has 1 aromatic carbocycles. The Kier molecular flexibility index (Phi) is 7.24. The number of aromatic nitrogens is 1. The maximum atomic E-state index is 12.0. The first kappa shape index (κ1) is 18.8. The molecule has 0 spiro atoms. The first-order valence-electron chi connectivity index (χ1n) is 7.88. The smallest absolute Gasteiger partial charge is 0.273 e. The number of hydrogen-bond donors (Lipinski definition) is 2. The van der Waals surface area contributed by atoms with Gasteiger partial charge in [-0.1, -0.05) is 11.2 Å². The van der Waals surface area contributed by atoms with Crippen LogP contribution < -0.4 is 14.8 Å². The molecule has 0 fully saturated rings. The van der Waals surface area contributed by atoms with Crippen LogP contribution in [-0.2, 0) is 11.3 Å². The van der Waals surface area contributed by atoms with Crippen molar-refractivity contribution in [3.8, 4) is 11.5 Å². The maximum absolute atomic E-state index is 12.0. The van der Waals surface area contributed by atoms with Crippen LogP contribution in [0.1, 0.15) is 23.2 Å². The van der Waals surface area contributed by atoms with E-state index in [1.165, 1.54) is 6.07 Å². The lowest BCUT2D eigenvalue weighted by molar-refractivity contribution is 0.0417. The normalized spacial score (nSPS) is 11.8. The molecule has 0 saturated heterocycles. The van der Waals surface area contributed by atoms with Gasteiger partial charge in [0.2, 0.25) is 0 Å². The highest BCUT2D eigenvalue weighted by molar-refractivity contribution is 5.92. The molecule has 0 aliphatic rings. The maximum Gasteiger partial charge on any atom is 0.273 e. The zero-order chi connectivity index (χ0) is 18.1. The number of nitrogens with zero attached hydrogens (tertiary/aromatic N) is 1. The number of methoxy groups -OCH3 is 1. The summed E-state index contributed by atoms with van der Waals surface area (Å²) >= 11 is 0. The van der Waals surface area contributed by atoms with Crippen molar-refractivity contribution in [1.82, 2.24) is 10.5 Å². The third-order valence-electron chi connectivity index (χ3n) is 3.23. The molecule has 0 saturated carbocycles. The van der Waals surface area contributed by atoms with E-state index in [1.54, 1.807) is 25.3 Å². The monoisotopic (exact) mass is 350 g/mol. The Hall–Kier alpha value is -2.58. The molecule has 136 valence electrons. The van der Waals surface area contributed by atoms with E-state index in [1.807, 2.05) is 13.0 Å². The van der Waals surface area contributed by atoms with Gasteiger partial charge in [-0.2, -0.15) is 0 Å². The molecule has 1 aromatic heterocycles. The molecule has 0 radical (unpaired) electrons. The van der Waals surface area contributed by atoms with Gasteiger partial charge in [0, 0.05) is 25.3 Å². The van der Waals surface area contributed by atoms with Crippen LogP contribution >= 0.6 is 0 Å². The zero-order valence-electron chi connectivity index (χ0n) is 14.2. The van der Waals surface area contributed by atoms with Crippen LogP contribution in [0.2, 0.25) is 0 Å². The fraction of sp³-hybridized carbons (Fsp3) is 0.412. The first-order chi connectivity index (χ1) is 12.1. The van der Waals surface area contributed by atoms with Crippen LogP contribution in [0.3, 0.4) is 0 Å². The van der Waals surface area contributed by atoms with Gasteiger partial charge in [0.15, 0.2) is 11.5 Å². The number of benzene rings is 1. The van der Waals surface area contributed by atoms with Crippen LogP contribution in [0.5, 0.6) is 11.5 Å². The van der Waals surface area contributed by atoms with Gasteiger partial charge in [0.05, 0.1) is 19.8 Å². The molecule has 0 bridgehead atoms. The van der Waals surface area contributed by atoms with E-state index >= 15 is 0 Å². The number of aliphatic hydroxyl groups is 1. The highest BCUT2D eigenvalue weighted by Crippen LogP contribution is 2.20. The molecule has 1 atom stereocenters. The number of ether oxygens (including phenoxy) is 3. The van der Waals surface area contributed by atoms with E-state index in [-0.39, 0.29) is 25.5 Å². The first-order valence-corrected chi connectivity index (χ1v) is 7.88. The van der Waals surface area contributed by atoms with E-state index in [0.717, 1.165) is 0 Å². The Balaban J connectivity index is 1.81. The van der Waals surface area contributed by atoms with Crippen molar-refractivity contribution >= 4 is 5.91 Å². The fourth-order valence-corrected chi connectivity index (χ4v) is 1.95. The summed E-state index contributed by atoms with van der Waals surface area (Å²) in [6, 6.07) is 8.63. The highest BCUT2D eigenvalue weighted by Gasteiger charge is 2.14. The van der Waals surface area contributed by atoms with Gasteiger partial charge >= 0.3 is 0 Å². The Labute approximate surface area is 145 Å². The lowest BCUT2D eigenvalue weighted by atomic mass is 10.3. The van der Waals surface area contributed by atoms with E-state index < -0.39 is 12.0 Å². The van der Waals surface area contributed by atoms with Gasteiger partial charge < -0.3 is 29.2 Å². The minimum Gasteiger partial charge on any atom is -0.497 e. The van der Waals surface area contributed by atoms with Gasteiger partial charge in [-0.15, -0.1) is 0 Å². The summed E-state index contributed by atoms with van der Waals surface area (Å²) in [5, 5.41) is 15.9. The second-order valence-electron chi connectivity index (χ2n) is 5.17. The van der Waals surface area contributed by atoms with Crippen molar-refractivity contribution in [1.29, 1.82) is 0 Å². The Morgan fingerprint density at radius 1 is 1.36 bits per heavy atom. The van der Waals surface area contributed by atoms with Crippen LogP contribution in [0.25, 0.3) is 0 Å². The average molecular weight is 350 g/mol. The quantitative estimate of drug-likeness (QED) is 0.667. The fourth-order valence-electron chi connectivity index (χ4n) is 1.95. The summed E-state index contributed by atoms with van der Waals surface area (Å²) in [6.07, 6.45) is -0.772. The van der Waals surface area contributed by atoms with Crippen molar-refractivity contribution in [2.75, 3.05) is 26.9 Å². The molecule has 1 heterocycles. The van der Waals surface area contributed by atoms with Crippen LogP contribution in [0.4, 0.5) is 0 Å². The van der Waals surface area contributed by atoms with Gasteiger partial charge in [-0.25, -0.2) is 0 Å². The summed E-state index contributed by atoms with van der Waals surface area (Å²) in [4.78, 5) is 12.0. The number of rotatable bonds is 10. The Morgan fingerprint density at radius 3 is 2.92 bits per heavy atom. The predicted octanol–water partition coefficient (Wildman–Crippen LogP) is 1.39. The number of aliphatic hydroxyl groups excluding tert-OH is 1. The number of hydrogen-bond acceptors (Lipinski definition) is 7. The molecule has 2 N–H and O–H groups in total. The van der Waals surface area contributed by atoms with Crippen LogP contribution in [0, 0.1) is 0 Å². The van der Waals surface area contributed by atoms with Crippen molar-refractivity contribution in [2.45, 2.75) is 19.6 Å². The third-order valence-corrected chi connectivity index (χ3v) is 3.23. The molecule has 8 nitrogen and oxygen atoms in total. The molecule has 0 aliphatic carbocycles. The van der Waals surface area contributed by atoms with Gasteiger partial charge in [-0.05, 0) is 19.1 Å². The van der Waals surface area contributed by atoms with Gasteiger partial charge in [0.25, 0.3) is 5.91 Å². The summed E-state index contributed by atoms with van der Waals surface area (Å²) in [6.45, 7) is 2.69. The van der Waals surface area contributed by atoms with Crippen molar-refractivity contribution in [3.05, 3.63) is 41.8 Å². The number of amides is 1. The summed E-state index contributed by atoms with van der Waals surface area (Å²) < 4.78 is 20.8. The number of carbonyl (C=O) groups excluding carboxylic acids is 1. The summed E-state index contributed by atoms with van der Waals surface area (Å²) in [5.74, 6) is 1.26. The van der Waals surface area contributed by atoms with Gasteiger partial charge in [0.1, 0.15) is 18.1 Å². The van der Waals surface area contributed by atoms with Crippen LogP contribution in [-0.4, -0.2) is 49.1 Å². The van der Waals surface area contributed by atoms with Crippen molar-refractivity contribution in [3.63, 3.8) is 0 Å². The molecule has 2 rings (SSSR count). The Morgan fingerprint density at radius 2 is 2.16 bits per heavy atom. The zero-order valence-corrected chi connectivity index (χ0v) is 14.2. The predicted molar refractivity (Wildman–Crippen MR) is 88.7 cm³/mol. The second-order valence-corrected chi connectivity index (χ2v) is 5.17. The lowest BCUT2D eigenvalue weighted by Gasteiger charge is -2.10. The van der Waals surface area contributed by atoms with E-state index in [2.05, 4.69) is 10.5 Å². The molecule has 1 amide bonds.